The molecule has 0 radical (unpaired) electrons. The molecule has 1 heterocycles. The third kappa shape index (κ3) is 4.29. The van der Waals surface area contributed by atoms with Crippen LogP contribution in [0.15, 0.2) is 59.6 Å². The van der Waals surface area contributed by atoms with E-state index in [1.165, 1.54) is 0 Å². The molecule has 26 heavy (non-hydrogen) atoms. The highest BCUT2D eigenvalue weighted by atomic mass is 32.2. The Kier molecular flexibility index (Phi) is 5.68. The highest BCUT2D eigenvalue weighted by Crippen LogP contribution is 2.23. The Morgan fingerprint density at radius 3 is 2.58 bits per heavy atom. The van der Waals surface area contributed by atoms with Gasteiger partial charge in [0.05, 0.1) is 5.69 Å². The zero-order valence-corrected chi connectivity index (χ0v) is 15.9. The fourth-order valence-electron chi connectivity index (χ4n) is 2.72. The van der Waals surface area contributed by atoms with E-state index in [1.807, 2.05) is 68.4 Å². The molecule has 0 saturated carbocycles. The summed E-state index contributed by atoms with van der Waals surface area (Å²) in [6.07, 6.45) is 0. The maximum absolute atomic E-state index is 12.6. The van der Waals surface area contributed by atoms with Crippen molar-refractivity contribution in [3.63, 3.8) is 0 Å². The van der Waals surface area contributed by atoms with Crippen LogP contribution >= 0.6 is 11.8 Å². The molecule has 0 unspecified atom stereocenters. The van der Waals surface area contributed by atoms with Crippen LogP contribution in [0.2, 0.25) is 0 Å². The standard InChI is InChI=1S/C21H21N3OS/c1-4-26-20-11-10-19(23-24-20)16-6-5-7-17(13-16)22-21(25)18-9-8-14(2)12-15(18)3/h5-13H,4H2,1-3H3,(H,22,25). The quantitative estimate of drug-likeness (QED) is 0.639. The molecule has 132 valence electrons. The Morgan fingerprint density at radius 1 is 1.04 bits per heavy atom. The zero-order valence-electron chi connectivity index (χ0n) is 15.1. The number of carbonyl (C=O) groups is 1. The number of anilines is 1. The minimum atomic E-state index is -0.111. The van der Waals surface area contributed by atoms with E-state index >= 15 is 0 Å². The second kappa shape index (κ2) is 8.15. The van der Waals surface area contributed by atoms with Crippen LogP contribution in [-0.2, 0) is 0 Å². The number of hydrogen-bond acceptors (Lipinski definition) is 4. The van der Waals surface area contributed by atoms with Crippen LogP contribution in [0.1, 0.15) is 28.4 Å². The van der Waals surface area contributed by atoms with Crippen molar-refractivity contribution in [1.82, 2.24) is 10.2 Å². The van der Waals surface area contributed by atoms with Crippen molar-refractivity contribution in [3.8, 4) is 11.3 Å². The van der Waals surface area contributed by atoms with Crippen molar-refractivity contribution in [2.45, 2.75) is 25.8 Å². The summed E-state index contributed by atoms with van der Waals surface area (Å²) in [5.41, 5.74) is 5.23. The highest BCUT2D eigenvalue weighted by Gasteiger charge is 2.10. The summed E-state index contributed by atoms with van der Waals surface area (Å²) in [4.78, 5) is 12.6. The van der Waals surface area contributed by atoms with E-state index in [2.05, 4.69) is 22.4 Å². The summed E-state index contributed by atoms with van der Waals surface area (Å²) in [7, 11) is 0. The predicted molar refractivity (Wildman–Crippen MR) is 108 cm³/mol. The largest absolute Gasteiger partial charge is 0.322 e. The van der Waals surface area contributed by atoms with Crippen molar-refractivity contribution >= 4 is 23.4 Å². The third-order valence-electron chi connectivity index (χ3n) is 3.98. The van der Waals surface area contributed by atoms with Gasteiger partial charge in [0.25, 0.3) is 5.91 Å². The molecule has 0 saturated heterocycles. The van der Waals surface area contributed by atoms with Crippen molar-refractivity contribution in [2.24, 2.45) is 0 Å². The Bertz CT molecular complexity index is 923. The van der Waals surface area contributed by atoms with E-state index in [0.717, 1.165) is 38.9 Å². The average Bonchev–Trinajstić information content (AvgIpc) is 2.63. The molecule has 0 spiro atoms. The van der Waals surface area contributed by atoms with Gasteiger partial charge in [-0.05, 0) is 55.5 Å². The number of aromatic nitrogens is 2. The second-order valence-corrected chi connectivity index (χ2v) is 7.33. The first-order valence-corrected chi connectivity index (χ1v) is 9.51. The molecule has 1 N–H and O–H groups in total. The number of nitrogens with one attached hydrogen (secondary N) is 1. The minimum Gasteiger partial charge on any atom is -0.322 e. The molecule has 0 aliphatic heterocycles. The van der Waals surface area contributed by atoms with Gasteiger partial charge >= 0.3 is 0 Å². The van der Waals surface area contributed by atoms with Gasteiger partial charge in [-0.1, -0.05) is 36.8 Å². The lowest BCUT2D eigenvalue weighted by Crippen LogP contribution is -2.13. The number of amides is 1. The molecule has 5 heteroatoms. The molecular formula is C21H21N3OS. The van der Waals surface area contributed by atoms with E-state index in [9.17, 15) is 4.79 Å². The van der Waals surface area contributed by atoms with Gasteiger partial charge in [0.2, 0.25) is 0 Å². The van der Waals surface area contributed by atoms with Crippen LogP contribution < -0.4 is 5.32 Å². The molecule has 0 atom stereocenters. The molecule has 0 aliphatic carbocycles. The number of carbonyl (C=O) groups excluding carboxylic acids is 1. The topological polar surface area (TPSA) is 54.9 Å². The summed E-state index contributed by atoms with van der Waals surface area (Å²) in [6, 6.07) is 17.4. The van der Waals surface area contributed by atoms with E-state index in [4.69, 9.17) is 0 Å². The molecule has 1 amide bonds. The molecule has 3 rings (SSSR count). The smallest absolute Gasteiger partial charge is 0.255 e. The number of rotatable bonds is 5. The summed E-state index contributed by atoms with van der Waals surface area (Å²) >= 11 is 1.66. The number of aryl methyl sites for hydroxylation is 2. The van der Waals surface area contributed by atoms with Gasteiger partial charge in [-0.15, -0.1) is 22.0 Å². The van der Waals surface area contributed by atoms with Gasteiger partial charge in [0.15, 0.2) is 0 Å². The molecule has 3 aromatic rings. The van der Waals surface area contributed by atoms with Gasteiger partial charge < -0.3 is 5.32 Å². The van der Waals surface area contributed by atoms with E-state index in [1.54, 1.807) is 11.8 Å². The third-order valence-corrected chi connectivity index (χ3v) is 4.78. The number of nitrogens with zero attached hydrogens (tertiary/aromatic N) is 2. The summed E-state index contributed by atoms with van der Waals surface area (Å²) in [5, 5.41) is 12.4. The molecule has 1 aromatic heterocycles. The SMILES string of the molecule is CCSc1ccc(-c2cccc(NC(=O)c3ccc(C)cc3C)c2)nn1. The molecule has 4 nitrogen and oxygen atoms in total. The van der Waals surface area contributed by atoms with Crippen molar-refractivity contribution in [1.29, 1.82) is 0 Å². The minimum absolute atomic E-state index is 0.111. The van der Waals surface area contributed by atoms with E-state index in [0.29, 0.717) is 5.56 Å². The maximum atomic E-state index is 12.6. The van der Waals surface area contributed by atoms with Crippen molar-refractivity contribution < 1.29 is 4.79 Å². The monoisotopic (exact) mass is 363 g/mol. The van der Waals surface area contributed by atoms with Crippen LogP contribution in [0.3, 0.4) is 0 Å². The van der Waals surface area contributed by atoms with Crippen LogP contribution in [0.25, 0.3) is 11.3 Å². The molecule has 0 bridgehead atoms. The van der Waals surface area contributed by atoms with Gasteiger partial charge in [-0.25, -0.2) is 0 Å². The van der Waals surface area contributed by atoms with Gasteiger partial charge in [0.1, 0.15) is 5.03 Å². The van der Waals surface area contributed by atoms with Crippen LogP contribution in [0.4, 0.5) is 5.69 Å². The van der Waals surface area contributed by atoms with Crippen LogP contribution in [0, 0.1) is 13.8 Å². The van der Waals surface area contributed by atoms with Crippen molar-refractivity contribution in [3.05, 3.63) is 71.3 Å². The normalized spacial score (nSPS) is 10.6. The van der Waals surface area contributed by atoms with Gasteiger partial charge in [0, 0.05) is 16.8 Å². The average molecular weight is 363 g/mol. The first-order chi connectivity index (χ1) is 12.6. The Balaban J connectivity index is 1.79. The lowest BCUT2D eigenvalue weighted by molar-refractivity contribution is 0.102. The van der Waals surface area contributed by atoms with Crippen LogP contribution in [-0.4, -0.2) is 21.9 Å². The van der Waals surface area contributed by atoms with E-state index < -0.39 is 0 Å². The highest BCUT2D eigenvalue weighted by molar-refractivity contribution is 7.99. The van der Waals surface area contributed by atoms with Gasteiger partial charge in [-0.3, -0.25) is 4.79 Å². The maximum Gasteiger partial charge on any atom is 0.255 e. The van der Waals surface area contributed by atoms with Gasteiger partial charge in [-0.2, -0.15) is 0 Å². The summed E-state index contributed by atoms with van der Waals surface area (Å²) in [5.74, 6) is 0.856. The number of hydrogen-bond donors (Lipinski definition) is 1. The Hall–Kier alpha value is -2.66. The second-order valence-electron chi connectivity index (χ2n) is 6.04. The summed E-state index contributed by atoms with van der Waals surface area (Å²) in [6.45, 7) is 6.05. The fraction of sp³-hybridized carbons (Fsp3) is 0.190. The lowest BCUT2D eigenvalue weighted by Gasteiger charge is -2.10. The van der Waals surface area contributed by atoms with Crippen molar-refractivity contribution in [2.75, 3.05) is 11.1 Å². The fourth-order valence-corrected chi connectivity index (χ4v) is 3.28. The first-order valence-electron chi connectivity index (χ1n) is 8.52. The lowest BCUT2D eigenvalue weighted by atomic mass is 10.0. The number of thioether (sulfide) groups is 1. The molecule has 2 aromatic carbocycles. The zero-order chi connectivity index (χ0) is 18.5. The Morgan fingerprint density at radius 2 is 1.88 bits per heavy atom. The molecular weight excluding hydrogens is 342 g/mol. The summed E-state index contributed by atoms with van der Waals surface area (Å²) < 4.78 is 0. The molecule has 0 fully saturated rings. The Labute approximate surface area is 158 Å². The van der Waals surface area contributed by atoms with Crippen LogP contribution in [0.5, 0.6) is 0 Å². The van der Waals surface area contributed by atoms with E-state index in [-0.39, 0.29) is 5.91 Å². The molecule has 0 aliphatic rings. The predicted octanol–water partition coefficient (Wildman–Crippen LogP) is 5.12. The first kappa shape index (κ1) is 18.1. The number of benzene rings is 2.